The number of hydrogen-bond donors (Lipinski definition) is 0. The van der Waals surface area contributed by atoms with Crippen molar-refractivity contribution in [2.24, 2.45) is 0 Å². The minimum absolute atomic E-state index is 0.151. The molecule has 0 spiro atoms. The minimum Gasteiger partial charge on any atom is -0.489 e. The molecule has 134 valence electrons. The van der Waals surface area contributed by atoms with Gasteiger partial charge < -0.3 is 14.2 Å². The van der Waals surface area contributed by atoms with Gasteiger partial charge in [-0.3, -0.25) is 4.90 Å². The lowest BCUT2D eigenvalue weighted by atomic mass is 9.92. The molecule has 5 heteroatoms. The molecule has 0 radical (unpaired) electrons. The van der Waals surface area contributed by atoms with Crippen LogP contribution in [0.3, 0.4) is 0 Å². The highest BCUT2D eigenvalue weighted by atomic mass is 16.5. The van der Waals surface area contributed by atoms with Crippen molar-refractivity contribution in [1.29, 1.82) is 5.26 Å². The van der Waals surface area contributed by atoms with Crippen molar-refractivity contribution >= 4 is 0 Å². The fraction of sp³-hybridized carbons (Fsp3) is 0.650. The summed E-state index contributed by atoms with van der Waals surface area (Å²) in [6.45, 7) is 4.31. The van der Waals surface area contributed by atoms with Gasteiger partial charge in [0, 0.05) is 18.9 Å². The van der Waals surface area contributed by atoms with Crippen molar-refractivity contribution < 1.29 is 14.2 Å². The van der Waals surface area contributed by atoms with E-state index in [1.165, 1.54) is 24.8 Å². The third kappa shape index (κ3) is 3.67. The second kappa shape index (κ2) is 7.74. The number of rotatable bonds is 4. The molecule has 1 aromatic carbocycles. The number of benzene rings is 1. The van der Waals surface area contributed by atoms with Gasteiger partial charge in [-0.25, -0.2) is 0 Å². The Morgan fingerprint density at radius 1 is 1.08 bits per heavy atom. The van der Waals surface area contributed by atoms with E-state index in [4.69, 9.17) is 14.2 Å². The highest BCUT2D eigenvalue weighted by molar-refractivity contribution is 5.46. The number of nitrogens with zero attached hydrogens (tertiary/aromatic N) is 2. The van der Waals surface area contributed by atoms with Crippen LogP contribution in [0.4, 0.5) is 0 Å². The molecule has 3 aliphatic heterocycles. The van der Waals surface area contributed by atoms with E-state index in [0.717, 1.165) is 51.6 Å². The first-order valence-electron chi connectivity index (χ1n) is 9.47. The third-order valence-corrected chi connectivity index (χ3v) is 5.61. The maximum atomic E-state index is 9.45. The van der Waals surface area contributed by atoms with E-state index in [2.05, 4.69) is 23.1 Å². The van der Waals surface area contributed by atoms with Crippen LogP contribution in [0.5, 0.6) is 5.75 Å². The minimum atomic E-state index is 0.151. The Bertz CT molecular complexity index is 632. The fourth-order valence-corrected chi connectivity index (χ4v) is 4.07. The summed E-state index contributed by atoms with van der Waals surface area (Å²) in [4.78, 5) is 2.59. The van der Waals surface area contributed by atoms with Gasteiger partial charge in [0.15, 0.2) is 0 Å². The molecule has 3 fully saturated rings. The fourth-order valence-electron chi connectivity index (χ4n) is 4.07. The lowest BCUT2D eigenvalue weighted by Gasteiger charge is -2.45. The van der Waals surface area contributed by atoms with Crippen LogP contribution >= 0.6 is 0 Å². The Kier molecular flexibility index (Phi) is 5.21. The zero-order valence-corrected chi connectivity index (χ0v) is 14.7. The van der Waals surface area contributed by atoms with Crippen molar-refractivity contribution in [3.05, 3.63) is 29.3 Å². The van der Waals surface area contributed by atoms with Crippen molar-refractivity contribution in [2.75, 3.05) is 33.0 Å². The van der Waals surface area contributed by atoms with Gasteiger partial charge in [-0.1, -0.05) is 12.5 Å². The topological polar surface area (TPSA) is 54.7 Å². The number of likely N-dealkylation sites (tertiary alicyclic amines) is 1. The van der Waals surface area contributed by atoms with Gasteiger partial charge in [0.05, 0.1) is 38.0 Å². The molecule has 0 aromatic heterocycles. The normalized spacial score (nSPS) is 26.0. The van der Waals surface area contributed by atoms with E-state index in [1.807, 2.05) is 6.07 Å². The quantitative estimate of drug-likeness (QED) is 0.842. The van der Waals surface area contributed by atoms with Gasteiger partial charge >= 0.3 is 0 Å². The molecule has 0 amide bonds. The standard InChI is InChI=1S/C20H26N2O3/c21-12-16-5-4-15(11-20(16)25-18-6-9-23-10-7-18)19-3-1-2-8-22(19)17-13-24-14-17/h4-5,11,17-19H,1-3,6-10,13-14H2. The zero-order chi connectivity index (χ0) is 17.1. The molecule has 25 heavy (non-hydrogen) atoms. The van der Waals surface area contributed by atoms with Crippen molar-refractivity contribution in [1.82, 2.24) is 4.90 Å². The summed E-state index contributed by atoms with van der Waals surface area (Å²) in [5, 5.41) is 9.45. The van der Waals surface area contributed by atoms with E-state index in [9.17, 15) is 5.26 Å². The molecule has 3 heterocycles. The van der Waals surface area contributed by atoms with Gasteiger partial charge in [-0.05, 0) is 37.1 Å². The van der Waals surface area contributed by atoms with Crippen LogP contribution in [0.25, 0.3) is 0 Å². The van der Waals surface area contributed by atoms with Crippen molar-refractivity contribution in [3.63, 3.8) is 0 Å². The zero-order valence-electron chi connectivity index (χ0n) is 14.7. The van der Waals surface area contributed by atoms with Crippen LogP contribution in [0.1, 0.15) is 49.3 Å². The summed E-state index contributed by atoms with van der Waals surface area (Å²) in [6.07, 6.45) is 5.62. The summed E-state index contributed by atoms with van der Waals surface area (Å²) in [6, 6.07) is 9.38. The Labute approximate surface area is 149 Å². The molecule has 0 bridgehead atoms. The first-order chi connectivity index (χ1) is 12.3. The van der Waals surface area contributed by atoms with E-state index in [1.54, 1.807) is 0 Å². The van der Waals surface area contributed by atoms with E-state index in [-0.39, 0.29) is 6.10 Å². The maximum Gasteiger partial charge on any atom is 0.137 e. The first kappa shape index (κ1) is 16.8. The predicted molar refractivity (Wildman–Crippen MR) is 93.5 cm³/mol. The molecule has 4 rings (SSSR count). The van der Waals surface area contributed by atoms with Gasteiger partial charge in [0.1, 0.15) is 17.9 Å². The van der Waals surface area contributed by atoms with Crippen molar-refractivity contribution in [3.8, 4) is 11.8 Å². The summed E-state index contributed by atoms with van der Waals surface area (Å²) >= 11 is 0. The molecule has 0 aliphatic carbocycles. The number of nitriles is 1. The van der Waals surface area contributed by atoms with Gasteiger partial charge in [0.2, 0.25) is 0 Å². The SMILES string of the molecule is N#Cc1ccc(C2CCCCN2C2COC2)cc1OC1CCOCC1. The van der Waals surface area contributed by atoms with Crippen LogP contribution < -0.4 is 4.74 Å². The van der Waals surface area contributed by atoms with Gasteiger partial charge in [-0.15, -0.1) is 0 Å². The molecule has 5 nitrogen and oxygen atoms in total. The molecule has 3 saturated heterocycles. The van der Waals surface area contributed by atoms with Gasteiger partial charge in [-0.2, -0.15) is 5.26 Å². The van der Waals surface area contributed by atoms with Crippen LogP contribution in [0.15, 0.2) is 18.2 Å². The average Bonchev–Trinajstić information content (AvgIpc) is 2.62. The lowest BCUT2D eigenvalue weighted by Crippen LogP contribution is -2.52. The summed E-state index contributed by atoms with van der Waals surface area (Å²) in [5.41, 5.74) is 1.90. The second-order valence-corrected chi connectivity index (χ2v) is 7.24. The maximum absolute atomic E-state index is 9.45. The number of ether oxygens (including phenoxy) is 3. The Balaban J connectivity index is 1.56. The molecule has 3 aliphatic rings. The summed E-state index contributed by atoms with van der Waals surface area (Å²) in [7, 11) is 0. The monoisotopic (exact) mass is 342 g/mol. The van der Waals surface area contributed by atoms with Crippen molar-refractivity contribution in [2.45, 2.75) is 50.3 Å². The second-order valence-electron chi connectivity index (χ2n) is 7.24. The first-order valence-corrected chi connectivity index (χ1v) is 9.47. The molecule has 1 atom stereocenters. The predicted octanol–water partition coefficient (Wildman–Crippen LogP) is 3.04. The highest BCUT2D eigenvalue weighted by Gasteiger charge is 2.34. The van der Waals surface area contributed by atoms with Crippen LogP contribution in [-0.4, -0.2) is 50.0 Å². The van der Waals surface area contributed by atoms with Crippen LogP contribution in [0, 0.1) is 11.3 Å². The molecule has 0 saturated carbocycles. The third-order valence-electron chi connectivity index (χ3n) is 5.61. The molecule has 1 aromatic rings. The summed E-state index contributed by atoms with van der Waals surface area (Å²) < 4.78 is 17.0. The Morgan fingerprint density at radius 3 is 2.64 bits per heavy atom. The highest BCUT2D eigenvalue weighted by Crippen LogP contribution is 2.36. The Morgan fingerprint density at radius 2 is 1.92 bits per heavy atom. The Hall–Kier alpha value is -1.61. The average molecular weight is 342 g/mol. The van der Waals surface area contributed by atoms with E-state index >= 15 is 0 Å². The largest absolute Gasteiger partial charge is 0.489 e. The number of piperidine rings is 1. The number of hydrogen-bond acceptors (Lipinski definition) is 5. The molecular formula is C20H26N2O3. The smallest absolute Gasteiger partial charge is 0.137 e. The van der Waals surface area contributed by atoms with Crippen LogP contribution in [0.2, 0.25) is 0 Å². The lowest BCUT2D eigenvalue weighted by molar-refractivity contribution is -0.0881. The van der Waals surface area contributed by atoms with Crippen LogP contribution in [-0.2, 0) is 9.47 Å². The van der Waals surface area contributed by atoms with E-state index in [0.29, 0.717) is 17.6 Å². The molecule has 0 N–H and O–H groups in total. The van der Waals surface area contributed by atoms with E-state index < -0.39 is 0 Å². The summed E-state index contributed by atoms with van der Waals surface area (Å²) in [5.74, 6) is 0.738. The molecule has 1 unspecified atom stereocenters. The molecular weight excluding hydrogens is 316 g/mol. The van der Waals surface area contributed by atoms with Gasteiger partial charge in [0.25, 0.3) is 0 Å².